The van der Waals surface area contributed by atoms with Crippen LogP contribution >= 0.6 is 0 Å². The van der Waals surface area contributed by atoms with E-state index in [4.69, 9.17) is 23.7 Å². The van der Waals surface area contributed by atoms with Gasteiger partial charge in [-0.3, -0.25) is 24.0 Å². The van der Waals surface area contributed by atoms with Crippen LogP contribution in [0.5, 0.6) is 28.7 Å². The molecule has 188 valence electrons. The van der Waals surface area contributed by atoms with Crippen LogP contribution in [0, 0.1) is 5.92 Å². The van der Waals surface area contributed by atoms with Crippen molar-refractivity contribution in [2.75, 3.05) is 0 Å². The highest BCUT2D eigenvalue weighted by molar-refractivity contribution is 5.86. The molecule has 0 N–H and O–H groups in total. The number of esters is 5. The minimum absolute atomic E-state index is 0.0118. The fourth-order valence-corrected chi connectivity index (χ4v) is 2.44. The molecule has 10 nitrogen and oxygen atoms in total. The summed E-state index contributed by atoms with van der Waals surface area (Å²) in [6.07, 6.45) is 1.70. The van der Waals surface area contributed by atoms with Crippen LogP contribution in [0.4, 0.5) is 0 Å². The van der Waals surface area contributed by atoms with Gasteiger partial charge >= 0.3 is 29.8 Å². The molecule has 0 fully saturated rings. The first-order valence-electron chi connectivity index (χ1n) is 11.3. The van der Waals surface area contributed by atoms with E-state index < -0.39 is 53.0 Å². The molecule has 0 amide bonds. The number of hydrogen-bond donors (Lipinski definition) is 0. The van der Waals surface area contributed by atoms with Crippen molar-refractivity contribution in [2.24, 2.45) is 5.92 Å². The molecule has 0 saturated carbocycles. The molecule has 0 aliphatic heterocycles. The highest BCUT2D eigenvalue weighted by Gasteiger charge is 2.31. The van der Waals surface area contributed by atoms with Crippen LogP contribution in [0.1, 0.15) is 80.1 Å². The lowest BCUT2D eigenvalue weighted by atomic mass is 10.2. The zero-order chi connectivity index (χ0) is 25.8. The number of hydrogen-bond acceptors (Lipinski definition) is 10. The minimum Gasteiger partial charge on any atom is -0.422 e. The number of benzene rings is 1. The third kappa shape index (κ3) is 8.84. The van der Waals surface area contributed by atoms with Crippen LogP contribution in [0.15, 0.2) is 6.07 Å². The van der Waals surface area contributed by atoms with E-state index in [1.165, 1.54) is 6.92 Å². The van der Waals surface area contributed by atoms with Crippen molar-refractivity contribution < 1.29 is 47.7 Å². The second-order valence-corrected chi connectivity index (χ2v) is 7.66. The molecular weight excluding hydrogens is 448 g/mol. The van der Waals surface area contributed by atoms with Crippen LogP contribution < -0.4 is 23.7 Å². The molecule has 0 atom stereocenters. The van der Waals surface area contributed by atoms with Gasteiger partial charge in [0, 0.05) is 32.3 Å². The van der Waals surface area contributed by atoms with E-state index in [1.54, 1.807) is 20.8 Å². The molecule has 34 heavy (non-hydrogen) atoms. The minimum atomic E-state index is -0.783. The van der Waals surface area contributed by atoms with Crippen molar-refractivity contribution >= 4 is 29.8 Å². The average molecular weight is 481 g/mol. The Morgan fingerprint density at radius 3 is 1.79 bits per heavy atom. The average Bonchev–Trinajstić information content (AvgIpc) is 2.76. The van der Waals surface area contributed by atoms with E-state index in [0.29, 0.717) is 12.8 Å². The highest BCUT2D eigenvalue weighted by atomic mass is 16.6. The van der Waals surface area contributed by atoms with Crippen molar-refractivity contribution in [3.63, 3.8) is 0 Å². The van der Waals surface area contributed by atoms with Gasteiger partial charge in [-0.25, -0.2) is 0 Å². The zero-order valence-electron chi connectivity index (χ0n) is 20.5. The van der Waals surface area contributed by atoms with E-state index in [1.807, 2.05) is 6.92 Å². The fraction of sp³-hybridized carbons (Fsp3) is 0.542. The maximum atomic E-state index is 12.4. The largest absolute Gasteiger partial charge is 0.422 e. The lowest BCUT2D eigenvalue weighted by Crippen LogP contribution is -2.19. The maximum absolute atomic E-state index is 12.4. The Hall–Kier alpha value is -3.43. The van der Waals surface area contributed by atoms with E-state index >= 15 is 0 Å². The number of unbranched alkanes of at least 4 members (excludes halogenated alkanes) is 1. The standard InChI is InChI=1S/C24H32O10/c1-7-10-12-20(28)31-17-13-16(30-15(6)25)21(32-18(26)9-3)23(33-19(27)11-8-2)22(17)34-24(29)14(4)5/h13-14H,7-12H2,1-6H3. The normalized spacial score (nSPS) is 10.4. The highest BCUT2D eigenvalue weighted by Crippen LogP contribution is 2.51. The number of rotatable bonds is 12. The Bertz CT molecular complexity index is 917. The third-order valence-electron chi connectivity index (χ3n) is 4.18. The predicted molar refractivity (Wildman–Crippen MR) is 120 cm³/mol. The van der Waals surface area contributed by atoms with Gasteiger partial charge in [-0.1, -0.05) is 41.0 Å². The molecule has 1 rings (SSSR count). The van der Waals surface area contributed by atoms with Gasteiger partial charge in [0.2, 0.25) is 17.2 Å². The first-order chi connectivity index (χ1) is 16.0. The summed E-state index contributed by atoms with van der Waals surface area (Å²) in [5.41, 5.74) is 0. The number of carbonyl (C=O) groups is 5. The molecular formula is C24H32O10. The molecule has 0 aromatic heterocycles. The third-order valence-corrected chi connectivity index (χ3v) is 4.18. The van der Waals surface area contributed by atoms with E-state index in [0.717, 1.165) is 19.4 Å². The second-order valence-electron chi connectivity index (χ2n) is 7.66. The van der Waals surface area contributed by atoms with Gasteiger partial charge in [0.15, 0.2) is 11.5 Å². The Labute approximate surface area is 198 Å². The molecule has 0 spiro atoms. The van der Waals surface area contributed by atoms with E-state index in [9.17, 15) is 24.0 Å². The topological polar surface area (TPSA) is 132 Å². The SMILES string of the molecule is CCCCC(=O)Oc1cc(OC(C)=O)c(OC(=O)CC)c(OC(=O)CCC)c1OC(=O)C(C)C. The molecule has 0 aliphatic rings. The van der Waals surface area contributed by atoms with Gasteiger partial charge in [0.05, 0.1) is 5.92 Å². The molecule has 1 aromatic carbocycles. The van der Waals surface area contributed by atoms with E-state index in [-0.39, 0.29) is 30.8 Å². The van der Waals surface area contributed by atoms with Gasteiger partial charge in [-0.15, -0.1) is 0 Å². The maximum Gasteiger partial charge on any atom is 0.314 e. The molecule has 0 bridgehead atoms. The van der Waals surface area contributed by atoms with Gasteiger partial charge in [-0.05, 0) is 12.8 Å². The summed E-state index contributed by atoms with van der Waals surface area (Å²) in [4.78, 5) is 61.0. The smallest absolute Gasteiger partial charge is 0.314 e. The van der Waals surface area contributed by atoms with Crippen molar-refractivity contribution in [3.8, 4) is 28.7 Å². The summed E-state index contributed by atoms with van der Waals surface area (Å²) >= 11 is 0. The first kappa shape index (κ1) is 28.6. The van der Waals surface area contributed by atoms with Gasteiger partial charge in [-0.2, -0.15) is 0 Å². The molecule has 0 radical (unpaired) electrons. The first-order valence-corrected chi connectivity index (χ1v) is 11.3. The molecule has 0 unspecified atom stereocenters. The Balaban J connectivity index is 3.84. The molecule has 0 heterocycles. The predicted octanol–water partition coefficient (Wildman–Crippen LogP) is 4.29. The molecule has 0 aliphatic carbocycles. The van der Waals surface area contributed by atoms with Crippen LogP contribution in [0.2, 0.25) is 0 Å². The Morgan fingerprint density at radius 1 is 0.706 bits per heavy atom. The summed E-state index contributed by atoms with van der Waals surface area (Å²) in [5.74, 6) is -6.32. The van der Waals surface area contributed by atoms with Gasteiger partial charge < -0.3 is 23.7 Å². The molecule has 0 saturated heterocycles. The Kier molecular flexibility index (Phi) is 11.8. The number of ether oxygens (including phenoxy) is 5. The summed E-state index contributed by atoms with van der Waals surface area (Å²) in [7, 11) is 0. The molecule has 1 aromatic rings. The van der Waals surface area contributed by atoms with Gasteiger partial charge in [0.25, 0.3) is 0 Å². The number of carbonyl (C=O) groups excluding carboxylic acids is 5. The van der Waals surface area contributed by atoms with Crippen LogP contribution in [0.25, 0.3) is 0 Å². The van der Waals surface area contributed by atoms with Gasteiger partial charge in [0.1, 0.15) is 0 Å². The summed E-state index contributed by atoms with van der Waals surface area (Å²) in [5, 5.41) is 0. The summed E-state index contributed by atoms with van der Waals surface area (Å²) < 4.78 is 26.6. The van der Waals surface area contributed by atoms with E-state index in [2.05, 4.69) is 0 Å². The quantitative estimate of drug-likeness (QED) is 0.315. The van der Waals surface area contributed by atoms with Crippen LogP contribution in [-0.4, -0.2) is 29.8 Å². The van der Waals surface area contributed by atoms with Crippen LogP contribution in [-0.2, 0) is 24.0 Å². The molecule has 10 heteroatoms. The summed E-state index contributed by atoms with van der Waals surface area (Å²) in [6.45, 7) is 9.42. The van der Waals surface area contributed by atoms with Crippen molar-refractivity contribution in [1.29, 1.82) is 0 Å². The lowest BCUT2D eigenvalue weighted by Gasteiger charge is -2.20. The summed E-state index contributed by atoms with van der Waals surface area (Å²) in [6, 6.07) is 1.07. The van der Waals surface area contributed by atoms with Crippen LogP contribution in [0.3, 0.4) is 0 Å². The second kappa shape index (κ2) is 14.0. The monoisotopic (exact) mass is 480 g/mol. The van der Waals surface area contributed by atoms with Crippen molar-refractivity contribution in [2.45, 2.75) is 80.1 Å². The lowest BCUT2D eigenvalue weighted by molar-refractivity contribution is -0.140. The van der Waals surface area contributed by atoms with Crippen molar-refractivity contribution in [1.82, 2.24) is 0 Å². The zero-order valence-corrected chi connectivity index (χ0v) is 20.5. The fourth-order valence-electron chi connectivity index (χ4n) is 2.44. The Morgan fingerprint density at radius 2 is 1.26 bits per heavy atom. The van der Waals surface area contributed by atoms with Crippen molar-refractivity contribution in [3.05, 3.63) is 6.07 Å².